The number of carbonyl (C=O) groups excluding carboxylic acids is 2. The van der Waals surface area contributed by atoms with E-state index in [-0.39, 0.29) is 29.7 Å². The maximum absolute atomic E-state index is 12.9. The highest BCUT2D eigenvalue weighted by Gasteiger charge is 2.40. The molecule has 0 aromatic heterocycles. The second-order valence-electron chi connectivity index (χ2n) is 7.36. The molecule has 26 heavy (non-hydrogen) atoms. The van der Waals surface area contributed by atoms with Crippen LogP contribution in [0.25, 0.3) is 0 Å². The van der Waals surface area contributed by atoms with Crippen LogP contribution < -0.4 is 5.32 Å². The Kier molecular flexibility index (Phi) is 5.40. The lowest BCUT2D eigenvalue weighted by molar-refractivity contribution is -0.125. The first-order chi connectivity index (χ1) is 12.5. The molecule has 1 heterocycles. The number of hydrogen-bond donors (Lipinski definition) is 1. The van der Waals surface area contributed by atoms with Gasteiger partial charge in [-0.05, 0) is 38.5 Å². The average molecular weight is 350 g/mol. The van der Waals surface area contributed by atoms with Gasteiger partial charge in [-0.25, -0.2) is 0 Å². The standard InChI is InChI=1S/C22H26N2O2/c1-15(2)23-21(25)20-14-24(13-19(20)17-7-5-4-6-8-17)22(26)18-11-9-16(3)10-12-18/h4-12,15,19-20H,13-14H2,1-3H3,(H,23,25). The summed E-state index contributed by atoms with van der Waals surface area (Å²) < 4.78 is 0. The number of nitrogens with one attached hydrogen (secondary N) is 1. The van der Waals surface area contributed by atoms with Crippen molar-refractivity contribution in [2.75, 3.05) is 13.1 Å². The van der Waals surface area contributed by atoms with Crippen LogP contribution in [0.5, 0.6) is 0 Å². The summed E-state index contributed by atoms with van der Waals surface area (Å²) in [5.41, 5.74) is 2.90. The predicted molar refractivity (Wildman–Crippen MR) is 103 cm³/mol. The van der Waals surface area contributed by atoms with Gasteiger partial charge in [-0.2, -0.15) is 0 Å². The molecule has 1 fully saturated rings. The van der Waals surface area contributed by atoms with Crippen LogP contribution in [-0.4, -0.2) is 35.8 Å². The summed E-state index contributed by atoms with van der Waals surface area (Å²) in [6, 6.07) is 17.7. The molecule has 0 bridgehead atoms. The predicted octanol–water partition coefficient (Wildman–Crippen LogP) is 3.38. The Balaban J connectivity index is 1.84. The molecule has 2 aromatic carbocycles. The Morgan fingerprint density at radius 1 is 1.00 bits per heavy atom. The number of benzene rings is 2. The maximum atomic E-state index is 12.9. The average Bonchev–Trinajstić information content (AvgIpc) is 3.07. The summed E-state index contributed by atoms with van der Waals surface area (Å²) in [5, 5.41) is 3.01. The third-order valence-corrected chi connectivity index (χ3v) is 4.90. The minimum atomic E-state index is -0.228. The van der Waals surface area contributed by atoms with E-state index in [0.717, 1.165) is 11.1 Å². The van der Waals surface area contributed by atoms with Crippen molar-refractivity contribution in [2.45, 2.75) is 32.7 Å². The van der Waals surface area contributed by atoms with Crippen LogP contribution in [0.1, 0.15) is 41.3 Å². The van der Waals surface area contributed by atoms with Crippen molar-refractivity contribution in [3.8, 4) is 0 Å². The van der Waals surface area contributed by atoms with Crippen LogP contribution in [0, 0.1) is 12.8 Å². The zero-order valence-corrected chi connectivity index (χ0v) is 15.6. The summed E-state index contributed by atoms with van der Waals surface area (Å²) in [4.78, 5) is 27.5. The van der Waals surface area contributed by atoms with Gasteiger partial charge in [-0.15, -0.1) is 0 Å². The maximum Gasteiger partial charge on any atom is 0.253 e. The van der Waals surface area contributed by atoms with Gasteiger partial charge in [0.25, 0.3) is 5.91 Å². The molecule has 1 N–H and O–H groups in total. The fourth-order valence-electron chi connectivity index (χ4n) is 3.54. The molecule has 2 unspecified atom stereocenters. The van der Waals surface area contributed by atoms with Crippen molar-refractivity contribution >= 4 is 11.8 Å². The first-order valence-electron chi connectivity index (χ1n) is 9.17. The normalized spacial score (nSPS) is 19.6. The Hall–Kier alpha value is -2.62. The molecule has 4 heteroatoms. The largest absolute Gasteiger partial charge is 0.354 e. The number of rotatable bonds is 4. The van der Waals surface area contributed by atoms with E-state index >= 15 is 0 Å². The second-order valence-corrected chi connectivity index (χ2v) is 7.36. The van der Waals surface area contributed by atoms with Crippen molar-refractivity contribution in [2.24, 2.45) is 5.92 Å². The van der Waals surface area contributed by atoms with Crippen LogP contribution in [0.15, 0.2) is 54.6 Å². The quantitative estimate of drug-likeness (QED) is 0.919. The highest BCUT2D eigenvalue weighted by molar-refractivity contribution is 5.95. The molecule has 1 saturated heterocycles. The summed E-state index contributed by atoms with van der Waals surface area (Å²) >= 11 is 0. The van der Waals surface area contributed by atoms with E-state index in [1.807, 2.05) is 80.3 Å². The van der Waals surface area contributed by atoms with Gasteiger partial charge in [0.05, 0.1) is 5.92 Å². The molecule has 1 aliphatic heterocycles. The van der Waals surface area contributed by atoms with Gasteiger partial charge in [0.15, 0.2) is 0 Å². The molecule has 0 radical (unpaired) electrons. The third-order valence-electron chi connectivity index (χ3n) is 4.90. The van der Waals surface area contributed by atoms with Crippen molar-refractivity contribution < 1.29 is 9.59 Å². The summed E-state index contributed by atoms with van der Waals surface area (Å²) in [6.45, 7) is 6.93. The van der Waals surface area contributed by atoms with Gasteiger partial charge < -0.3 is 10.2 Å². The number of nitrogens with zero attached hydrogens (tertiary/aromatic N) is 1. The van der Waals surface area contributed by atoms with E-state index in [9.17, 15) is 9.59 Å². The fourth-order valence-corrected chi connectivity index (χ4v) is 3.54. The van der Waals surface area contributed by atoms with Crippen LogP contribution in [0.4, 0.5) is 0 Å². The van der Waals surface area contributed by atoms with Crippen molar-refractivity contribution in [1.29, 1.82) is 0 Å². The van der Waals surface area contributed by atoms with Crippen LogP contribution in [0.3, 0.4) is 0 Å². The Morgan fingerprint density at radius 3 is 2.27 bits per heavy atom. The summed E-state index contributed by atoms with van der Waals surface area (Å²) in [7, 11) is 0. The van der Waals surface area contributed by atoms with Crippen molar-refractivity contribution in [3.63, 3.8) is 0 Å². The molecule has 0 saturated carbocycles. The smallest absolute Gasteiger partial charge is 0.253 e. The Morgan fingerprint density at radius 2 is 1.65 bits per heavy atom. The number of amides is 2. The van der Waals surface area contributed by atoms with Gasteiger partial charge in [-0.1, -0.05) is 48.0 Å². The lowest BCUT2D eigenvalue weighted by atomic mass is 9.88. The number of carbonyl (C=O) groups is 2. The van der Waals surface area contributed by atoms with Crippen LogP contribution in [-0.2, 0) is 4.79 Å². The highest BCUT2D eigenvalue weighted by Crippen LogP contribution is 2.33. The molecule has 2 amide bonds. The first-order valence-corrected chi connectivity index (χ1v) is 9.17. The number of likely N-dealkylation sites (tertiary alicyclic amines) is 1. The number of hydrogen-bond acceptors (Lipinski definition) is 2. The van der Waals surface area contributed by atoms with Crippen molar-refractivity contribution in [1.82, 2.24) is 10.2 Å². The molecule has 136 valence electrons. The molecule has 2 atom stereocenters. The Bertz CT molecular complexity index is 768. The van der Waals surface area contributed by atoms with Crippen LogP contribution >= 0.6 is 0 Å². The van der Waals surface area contributed by atoms with E-state index < -0.39 is 0 Å². The molecular weight excluding hydrogens is 324 g/mol. The monoisotopic (exact) mass is 350 g/mol. The topological polar surface area (TPSA) is 49.4 Å². The second kappa shape index (κ2) is 7.73. The molecule has 1 aliphatic rings. The summed E-state index contributed by atoms with van der Waals surface area (Å²) in [6.07, 6.45) is 0. The zero-order valence-electron chi connectivity index (χ0n) is 15.6. The van der Waals surface area contributed by atoms with Gasteiger partial charge in [-0.3, -0.25) is 9.59 Å². The summed E-state index contributed by atoms with van der Waals surface area (Å²) in [5.74, 6) is -0.197. The lowest BCUT2D eigenvalue weighted by Gasteiger charge is -2.19. The molecule has 3 rings (SSSR count). The molecule has 0 spiro atoms. The van der Waals surface area contributed by atoms with Gasteiger partial charge in [0.2, 0.25) is 5.91 Å². The highest BCUT2D eigenvalue weighted by atomic mass is 16.2. The van der Waals surface area contributed by atoms with Gasteiger partial charge >= 0.3 is 0 Å². The van der Waals surface area contributed by atoms with E-state index in [0.29, 0.717) is 18.7 Å². The van der Waals surface area contributed by atoms with E-state index in [1.54, 1.807) is 0 Å². The fraction of sp³-hybridized carbons (Fsp3) is 0.364. The lowest BCUT2D eigenvalue weighted by Crippen LogP contribution is -2.39. The van der Waals surface area contributed by atoms with Gasteiger partial charge in [0, 0.05) is 30.6 Å². The Labute approximate surface area is 155 Å². The van der Waals surface area contributed by atoms with Crippen molar-refractivity contribution in [3.05, 3.63) is 71.3 Å². The van der Waals surface area contributed by atoms with Gasteiger partial charge in [0.1, 0.15) is 0 Å². The van der Waals surface area contributed by atoms with E-state index in [1.165, 1.54) is 0 Å². The minimum Gasteiger partial charge on any atom is -0.354 e. The molecular formula is C22H26N2O2. The van der Waals surface area contributed by atoms with Crippen LogP contribution in [0.2, 0.25) is 0 Å². The van der Waals surface area contributed by atoms with E-state index in [4.69, 9.17) is 0 Å². The SMILES string of the molecule is Cc1ccc(C(=O)N2CC(C(=O)NC(C)C)C(c3ccccc3)C2)cc1. The zero-order chi connectivity index (χ0) is 18.7. The number of aryl methyl sites for hydroxylation is 1. The van der Waals surface area contributed by atoms with E-state index in [2.05, 4.69) is 5.32 Å². The third kappa shape index (κ3) is 3.96. The first kappa shape index (κ1) is 18.2. The molecule has 0 aliphatic carbocycles. The molecule has 4 nitrogen and oxygen atoms in total. The molecule has 2 aromatic rings. The minimum absolute atomic E-state index is 0.00854.